The van der Waals surface area contributed by atoms with Crippen LogP contribution < -0.4 is 0 Å². The standard InChI is InChI=1S/C16H24N4O2/c1-2-13-12(5-8-22-13)16(21)19-6-7-20-14(9-11-3-4-11)17-18-15(20)10-19/h11-13H,2-10H2,1H3/t12-,13+/m1/s1. The molecule has 1 aromatic rings. The van der Waals surface area contributed by atoms with Crippen LogP contribution in [0.3, 0.4) is 0 Å². The largest absolute Gasteiger partial charge is 0.377 e. The summed E-state index contributed by atoms with van der Waals surface area (Å²) in [7, 11) is 0. The summed E-state index contributed by atoms with van der Waals surface area (Å²) in [5, 5.41) is 8.67. The second kappa shape index (κ2) is 5.65. The highest BCUT2D eigenvalue weighted by Gasteiger charge is 2.37. The van der Waals surface area contributed by atoms with Gasteiger partial charge in [0, 0.05) is 26.1 Å². The number of fused-ring (bicyclic) bond motifs is 1. The molecule has 2 atom stereocenters. The molecule has 1 aliphatic carbocycles. The van der Waals surface area contributed by atoms with Crippen LogP contribution in [0.15, 0.2) is 0 Å². The van der Waals surface area contributed by atoms with Crippen LogP contribution in [0.5, 0.6) is 0 Å². The van der Waals surface area contributed by atoms with Gasteiger partial charge in [-0.15, -0.1) is 10.2 Å². The lowest BCUT2D eigenvalue weighted by molar-refractivity contribution is -0.139. The zero-order chi connectivity index (χ0) is 15.1. The van der Waals surface area contributed by atoms with Crippen molar-refractivity contribution in [2.45, 2.75) is 58.2 Å². The molecule has 1 saturated carbocycles. The van der Waals surface area contributed by atoms with E-state index in [1.807, 2.05) is 4.90 Å². The lowest BCUT2D eigenvalue weighted by Crippen LogP contribution is -2.43. The van der Waals surface area contributed by atoms with E-state index in [0.717, 1.165) is 49.9 Å². The van der Waals surface area contributed by atoms with E-state index in [0.29, 0.717) is 13.2 Å². The lowest BCUT2D eigenvalue weighted by atomic mass is 9.97. The van der Waals surface area contributed by atoms with E-state index in [1.54, 1.807) is 0 Å². The Morgan fingerprint density at radius 2 is 2.14 bits per heavy atom. The summed E-state index contributed by atoms with van der Waals surface area (Å²) in [5.74, 6) is 3.14. The second-order valence-corrected chi connectivity index (χ2v) is 6.80. The van der Waals surface area contributed by atoms with E-state index in [4.69, 9.17) is 4.74 Å². The summed E-state index contributed by atoms with van der Waals surface area (Å²) >= 11 is 0. The molecule has 1 saturated heterocycles. The highest BCUT2D eigenvalue weighted by Crippen LogP contribution is 2.33. The number of aromatic nitrogens is 3. The molecule has 1 amide bonds. The average Bonchev–Trinajstić information content (AvgIpc) is 3.09. The fourth-order valence-electron chi connectivity index (χ4n) is 3.71. The van der Waals surface area contributed by atoms with Crippen molar-refractivity contribution in [2.75, 3.05) is 13.2 Å². The van der Waals surface area contributed by atoms with Crippen molar-refractivity contribution >= 4 is 5.91 Å². The molecule has 6 heteroatoms. The van der Waals surface area contributed by atoms with Gasteiger partial charge in [0.2, 0.25) is 5.91 Å². The van der Waals surface area contributed by atoms with Crippen LogP contribution in [0.2, 0.25) is 0 Å². The van der Waals surface area contributed by atoms with E-state index in [1.165, 1.54) is 12.8 Å². The Balaban J connectivity index is 1.45. The number of hydrogen-bond donors (Lipinski definition) is 0. The molecule has 1 aromatic heterocycles. The molecule has 120 valence electrons. The van der Waals surface area contributed by atoms with E-state index in [9.17, 15) is 4.79 Å². The number of amides is 1. The minimum atomic E-state index is 0.0328. The second-order valence-electron chi connectivity index (χ2n) is 6.80. The Morgan fingerprint density at radius 1 is 1.27 bits per heavy atom. The summed E-state index contributed by atoms with van der Waals surface area (Å²) < 4.78 is 7.90. The highest BCUT2D eigenvalue weighted by molar-refractivity contribution is 5.79. The molecule has 2 fully saturated rings. The smallest absolute Gasteiger partial charge is 0.228 e. The van der Waals surface area contributed by atoms with Gasteiger partial charge in [0.25, 0.3) is 0 Å². The SMILES string of the molecule is CC[C@@H]1OCC[C@H]1C(=O)N1CCn2c(CC3CC3)nnc2C1. The molecule has 3 aliphatic rings. The molecule has 0 unspecified atom stereocenters. The fourth-order valence-corrected chi connectivity index (χ4v) is 3.71. The van der Waals surface area contributed by atoms with Crippen LogP contribution in [-0.4, -0.2) is 44.8 Å². The number of ether oxygens (including phenoxy) is 1. The summed E-state index contributed by atoms with van der Waals surface area (Å²) in [4.78, 5) is 14.7. The molecule has 0 bridgehead atoms. The monoisotopic (exact) mass is 304 g/mol. The van der Waals surface area contributed by atoms with Gasteiger partial charge in [-0.1, -0.05) is 6.92 Å². The summed E-state index contributed by atoms with van der Waals surface area (Å²) in [6.07, 6.45) is 5.56. The minimum absolute atomic E-state index is 0.0328. The first-order valence-corrected chi connectivity index (χ1v) is 8.57. The topological polar surface area (TPSA) is 60.2 Å². The van der Waals surface area contributed by atoms with Crippen molar-refractivity contribution in [1.82, 2.24) is 19.7 Å². The molecule has 3 heterocycles. The predicted octanol–water partition coefficient (Wildman–Crippen LogP) is 1.39. The Hall–Kier alpha value is -1.43. The third kappa shape index (κ3) is 2.53. The normalized spacial score (nSPS) is 28.0. The first-order valence-electron chi connectivity index (χ1n) is 8.57. The first kappa shape index (κ1) is 14.2. The van der Waals surface area contributed by atoms with Crippen molar-refractivity contribution < 1.29 is 9.53 Å². The summed E-state index contributed by atoms with van der Waals surface area (Å²) in [6, 6.07) is 0. The average molecular weight is 304 g/mol. The van der Waals surface area contributed by atoms with Gasteiger partial charge >= 0.3 is 0 Å². The molecular formula is C16H24N4O2. The lowest BCUT2D eigenvalue weighted by Gasteiger charge is -2.31. The van der Waals surface area contributed by atoms with Gasteiger partial charge < -0.3 is 14.2 Å². The van der Waals surface area contributed by atoms with Crippen LogP contribution in [-0.2, 0) is 29.0 Å². The molecule has 0 radical (unpaired) electrons. The molecule has 0 N–H and O–H groups in total. The minimum Gasteiger partial charge on any atom is -0.377 e. The van der Waals surface area contributed by atoms with Gasteiger partial charge in [-0.25, -0.2) is 0 Å². The highest BCUT2D eigenvalue weighted by atomic mass is 16.5. The van der Waals surface area contributed by atoms with Crippen molar-refractivity contribution in [2.24, 2.45) is 11.8 Å². The van der Waals surface area contributed by atoms with Gasteiger partial charge in [-0.05, 0) is 31.6 Å². The molecule has 0 aromatic carbocycles. The third-order valence-corrected chi connectivity index (χ3v) is 5.24. The Kier molecular flexibility index (Phi) is 3.64. The number of hydrogen-bond acceptors (Lipinski definition) is 4. The van der Waals surface area contributed by atoms with Crippen molar-refractivity contribution in [3.05, 3.63) is 11.6 Å². The fraction of sp³-hybridized carbons (Fsp3) is 0.812. The summed E-state index contributed by atoms with van der Waals surface area (Å²) in [6.45, 7) is 5.01. The van der Waals surface area contributed by atoms with E-state index in [-0.39, 0.29) is 17.9 Å². The van der Waals surface area contributed by atoms with Crippen molar-refractivity contribution in [3.8, 4) is 0 Å². The van der Waals surface area contributed by atoms with E-state index >= 15 is 0 Å². The quantitative estimate of drug-likeness (QED) is 0.843. The van der Waals surface area contributed by atoms with Crippen molar-refractivity contribution in [3.63, 3.8) is 0 Å². The number of nitrogens with zero attached hydrogens (tertiary/aromatic N) is 4. The maximum Gasteiger partial charge on any atom is 0.228 e. The summed E-state index contributed by atoms with van der Waals surface area (Å²) in [5.41, 5.74) is 0. The Bertz CT molecular complexity index is 566. The molecule has 22 heavy (non-hydrogen) atoms. The van der Waals surface area contributed by atoms with Gasteiger partial charge in [0.15, 0.2) is 5.82 Å². The maximum absolute atomic E-state index is 12.8. The first-order chi connectivity index (χ1) is 10.8. The van der Waals surface area contributed by atoms with Crippen molar-refractivity contribution in [1.29, 1.82) is 0 Å². The number of carbonyl (C=O) groups is 1. The van der Waals surface area contributed by atoms with Gasteiger partial charge in [-0.3, -0.25) is 4.79 Å². The Morgan fingerprint density at radius 3 is 2.91 bits per heavy atom. The molecule has 4 rings (SSSR count). The predicted molar refractivity (Wildman–Crippen MR) is 80.0 cm³/mol. The molecule has 0 spiro atoms. The van der Waals surface area contributed by atoms with Gasteiger partial charge in [0.1, 0.15) is 5.82 Å². The zero-order valence-corrected chi connectivity index (χ0v) is 13.2. The van der Waals surface area contributed by atoms with Crippen LogP contribution in [0.1, 0.15) is 44.3 Å². The van der Waals surface area contributed by atoms with Crippen LogP contribution in [0.25, 0.3) is 0 Å². The van der Waals surface area contributed by atoms with E-state index in [2.05, 4.69) is 21.7 Å². The van der Waals surface area contributed by atoms with Crippen LogP contribution >= 0.6 is 0 Å². The van der Waals surface area contributed by atoms with E-state index < -0.39 is 0 Å². The number of rotatable bonds is 4. The van der Waals surface area contributed by atoms with Crippen LogP contribution in [0, 0.1) is 11.8 Å². The Labute approximate surface area is 130 Å². The maximum atomic E-state index is 12.8. The molecule has 6 nitrogen and oxygen atoms in total. The third-order valence-electron chi connectivity index (χ3n) is 5.24. The van der Waals surface area contributed by atoms with Gasteiger partial charge in [0.05, 0.1) is 18.6 Å². The molecule has 2 aliphatic heterocycles. The zero-order valence-electron chi connectivity index (χ0n) is 13.2. The van der Waals surface area contributed by atoms with Crippen LogP contribution in [0.4, 0.5) is 0 Å². The number of carbonyl (C=O) groups excluding carboxylic acids is 1. The van der Waals surface area contributed by atoms with Gasteiger partial charge in [-0.2, -0.15) is 0 Å². The molecular weight excluding hydrogens is 280 g/mol.